The molecule has 0 aromatic heterocycles. The van der Waals surface area contributed by atoms with Crippen LogP contribution in [0.3, 0.4) is 0 Å². The van der Waals surface area contributed by atoms with E-state index in [1.165, 1.54) is 25.7 Å². The largest absolute Gasteiger partial charge is 0.0625 e. The summed E-state index contributed by atoms with van der Waals surface area (Å²) in [4.78, 5) is 0. The number of hydrogen-bond donors (Lipinski definition) is 0. The minimum Gasteiger partial charge on any atom is -0.0625 e. The van der Waals surface area contributed by atoms with Crippen LogP contribution in [0.4, 0.5) is 0 Å². The molecule has 3 fully saturated rings. The van der Waals surface area contributed by atoms with Crippen LogP contribution in [-0.2, 0) is 0 Å². The third-order valence-electron chi connectivity index (χ3n) is 7.24. The van der Waals surface area contributed by atoms with E-state index in [0.29, 0.717) is 0 Å². The SMILES string of the molecule is CC(C)C1CCC(C2CCCC2)(C2CCCC2)CC1. The second-order valence-electron chi connectivity index (χ2n) is 8.28. The lowest BCUT2D eigenvalue weighted by Gasteiger charge is -2.49. The van der Waals surface area contributed by atoms with Gasteiger partial charge >= 0.3 is 0 Å². The Morgan fingerprint density at radius 3 is 1.47 bits per heavy atom. The molecule has 0 N–H and O–H groups in total. The fourth-order valence-corrected chi connectivity index (χ4v) is 6.00. The van der Waals surface area contributed by atoms with E-state index in [0.717, 1.165) is 29.1 Å². The molecule has 0 amide bonds. The summed E-state index contributed by atoms with van der Waals surface area (Å²) in [5, 5.41) is 0. The molecule has 0 spiro atoms. The van der Waals surface area contributed by atoms with Gasteiger partial charge in [0.15, 0.2) is 0 Å². The van der Waals surface area contributed by atoms with E-state index in [-0.39, 0.29) is 0 Å². The monoisotopic (exact) mass is 262 g/mol. The third-order valence-corrected chi connectivity index (χ3v) is 7.24. The van der Waals surface area contributed by atoms with E-state index in [2.05, 4.69) is 13.8 Å². The zero-order chi connectivity index (χ0) is 13.3. The van der Waals surface area contributed by atoms with Crippen molar-refractivity contribution in [2.24, 2.45) is 29.1 Å². The topological polar surface area (TPSA) is 0 Å². The van der Waals surface area contributed by atoms with Crippen LogP contribution < -0.4 is 0 Å². The normalized spacial score (nSPS) is 30.5. The Bertz CT molecular complexity index is 252. The Kier molecular flexibility index (Phi) is 4.25. The zero-order valence-electron chi connectivity index (χ0n) is 13.3. The van der Waals surface area contributed by atoms with Crippen LogP contribution in [0.5, 0.6) is 0 Å². The Hall–Kier alpha value is 0. The number of hydrogen-bond acceptors (Lipinski definition) is 0. The van der Waals surface area contributed by atoms with Gasteiger partial charge in [0.2, 0.25) is 0 Å². The summed E-state index contributed by atoms with van der Waals surface area (Å²) in [7, 11) is 0. The molecule has 0 heteroatoms. The highest BCUT2D eigenvalue weighted by molar-refractivity contribution is 4.98. The van der Waals surface area contributed by atoms with Crippen molar-refractivity contribution in [3.8, 4) is 0 Å². The molecule has 0 nitrogen and oxygen atoms in total. The van der Waals surface area contributed by atoms with Crippen LogP contribution in [0.1, 0.15) is 90.9 Å². The van der Waals surface area contributed by atoms with Gasteiger partial charge in [-0.15, -0.1) is 0 Å². The minimum atomic E-state index is 0.804. The minimum absolute atomic E-state index is 0.804. The van der Waals surface area contributed by atoms with Gasteiger partial charge < -0.3 is 0 Å². The molecular weight excluding hydrogens is 228 g/mol. The molecule has 0 atom stereocenters. The highest BCUT2D eigenvalue weighted by Gasteiger charge is 2.48. The fourth-order valence-electron chi connectivity index (χ4n) is 6.00. The molecule has 3 aliphatic rings. The molecule has 0 aliphatic heterocycles. The van der Waals surface area contributed by atoms with Gasteiger partial charge in [0.1, 0.15) is 0 Å². The smallest absolute Gasteiger partial charge is 0.0241 e. The van der Waals surface area contributed by atoms with Crippen LogP contribution >= 0.6 is 0 Å². The van der Waals surface area contributed by atoms with Crippen molar-refractivity contribution >= 4 is 0 Å². The molecule has 3 rings (SSSR count). The molecule has 0 aromatic rings. The Morgan fingerprint density at radius 2 is 1.11 bits per heavy atom. The summed E-state index contributed by atoms with van der Waals surface area (Å²) in [5.41, 5.74) is 0.804. The lowest BCUT2D eigenvalue weighted by Crippen LogP contribution is -2.40. The highest BCUT2D eigenvalue weighted by Crippen LogP contribution is 2.58. The molecule has 110 valence electrons. The van der Waals surface area contributed by atoms with Crippen molar-refractivity contribution in [3.63, 3.8) is 0 Å². The fraction of sp³-hybridized carbons (Fsp3) is 1.00. The molecule has 0 saturated heterocycles. The van der Waals surface area contributed by atoms with Crippen LogP contribution in [-0.4, -0.2) is 0 Å². The second-order valence-corrected chi connectivity index (χ2v) is 8.28. The maximum Gasteiger partial charge on any atom is -0.0241 e. The average Bonchev–Trinajstić information content (AvgIpc) is 3.12. The van der Waals surface area contributed by atoms with Crippen LogP contribution in [0.15, 0.2) is 0 Å². The molecule has 0 aromatic carbocycles. The summed E-state index contributed by atoms with van der Waals surface area (Å²) in [6.45, 7) is 4.89. The van der Waals surface area contributed by atoms with Crippen molar-refractivity contribution in [1.82, 2.24) is 0 Å². The summed E-state index contributed by atoms with van der Waals surface area (Å²) >= 11 is 0. The summed E-state index contributed by atoms with van der Waals surface area (Å²) in [6, 6.07) is 0. The molecule has 0 radical (unpaired) electrons. The Balaban J connectivity index is 1.74. The predicted molar refractivity (Wildman–Crippen MR) is 83.1 cm³/mol. The van der Waals surface area contributed by atoms with Gasteiger partial charge in [0.05, 0.1) is 0 Å². The first-order valence-electron chi connectivity index (χ1n) is 9.22. The summed E-state index contributed by atoms with van der Waals surface area (Å²) < 4.78 is 0. The van der Waals surface area contributed by atoms with E-state index in [9.17, 15) is 0 Å². The summed E-state index contributed by atoms with van der Waals surface area (Å²) in [6.07, 6.45) is 18.7. The lowest BCUT2D eigenvalue weighted by molar-refractivity contribution is 0.00439. The van der Waals surface area contributed by atoms with Gasteiger partial charge in [-0.3, -0.25) is 0 Å². The van der Waals surface area contributed by atoms with Gasteiger partial charge in [-0.2, -0.15) is 0 Å². The predicted octanol–water partition coefficient (Wildman–Crippen LogP) is 6.20. The maximum absolute atomic E-state index is 2.45. The molecular formula is C19H34. The highest BCUT2D eigenvalue weighted by atomic mass is 14.5. The zero-order valence-corrected chi connectivity index (χ0v) is 13.3. The first-order valence-corrected chi connectivity index (χ1v) is 9.22. The van der Waals surface area contributed by atoms with E-state index >= 15 is 0 Å². The first kappa shape index (κ1) is 14.0. The van der Waals surface area contributed by atoms with Crippen molar-refractivity contribution in [1.29, 1.82) is 0 Å². The average molecular weight is 262 g/mol. The Morgan fingerprint density at radius 1 is 0.684 bits per heavy atom. The molecule has 3 saturated carbocycles. The second kappa shape index (κ2) is 5.78. The molecule has 19 heavy (non-hydrogen) atoms. The van der Waals surface area contributed by atoms with Gasteiger partial charge in [-0.25, -0.2) is 0 Å². The van der Waals surface area contributed by atoms with Crippen molar-refractivity contribution in [2.75, 3.05) is 0 Å². The number of rotatable bonds is 3. The van der Waals surface area contributed by atoms with Gasteiger partial charge in [0.25, 0.3) is 0 Å². The van der Waals surface area contributed by atoms with Crippen LogP contribution in [0, 0.1) is 29.1 Å². The summed E-state index contributed by atoms with van der Waals surface area (Å²) in [5.74, 6) is 4.19. The van der Waals surface area contributed by atoms with Gasteiger partial charge in [0, 0.05) is 0 Å². The molecule has 0 bridgehead atoms. The third kappa shape index (κ3) is 2.61. The van der Waals surface area contributed by atoms with Crippen LogP contribution in [0.2, 0.25) is 0 Å². The quantitative estimate of drug-likeness (QED) is 0.568. The first-order chi connectivity index (χ1) is 9.22. The van der Waals surface area contributed by atoms with Gasteiger partial charge in [-0.1, -0.05) is 39.5 Å². The van der Waals surface area contributed by atoms with E-state index in [4.69, 9.17) is 0 Å². The lowest BCUT2D eigenvalue weighted by atomic mass is 9.55. The molecule has 0 heterocycles. The standard InChI is InChI=1S/C19H34/c1-15(2)16-11-13-19(14-12-16,17-7-3-4-8-17)18-9-5-6-10-18/h15-18H,3-14H2,1-2H3. The van der Waals surface area contributed by atoms with Crippen molar-refractivity contribution in [3.05, 3.63) is 0 Å². The molecule has 3 aliphatic carbocycles. The maximum atomic E-state index is 2.45. The van der Waals surface area contributed by atoms with E-state index in [1.54, 1.807) is 51.4 Å². The van der Waals surface area contributed by atoms with Crippen molar-refractivity contribution in [2.45, 2.75) is 90.9 Å². The van der Waals surface area contributed by atoms with Crippen LogP contribution in [0.25, 0.3) is 0 Å². The van der Waals surface area contributed by atoms with E-state index < -0.39 is 0 Å². The molecule has 0 unspecified atom stereocenters. The van der Waals surface area contributed by atoms with Gasteiger partial charge in [-0.05, 0) is 80.5 Å². The Labute approximate surface area is 120 Å². The van der Waals surface area contributed by atoms with Crippen molar-refractivity contribution < 1.29 is 0 Å². The van der Waals surface area contributed by atoms with E-state index in [1.807, 2.05) is 0 Å².